The monoisotopic (exact) mass is 321 g/mol. The van der Waals surface area contributed by atoms with Crippen molar-refractivity contribution in [1.82, 2.24) is 4.90 Å². The summed E-state index contributed by atoms with van der Waals surface area (Å²) in [4.78, 5) is 24.9. The summed E-state index contributed by atoms with van der Waals surface area (Å²) in [6.45, 7) is 5.59. The number of aliphatic carboxylic acids is 1. The SMILES string of the molecule is CCC(C)N(CC(=O)O)C(=O)CC(C)Cc1ccccc1OC. The van der Waals surface area contributed by atoms with Crippen molar-refractivity contribution < 1.29 is 19.4 Å². The summed E-state index contributed by atoms with van der Waals surface area (Å²) in [5.41, 5.74) is 1.06. The molecule has 0 fully saturated rings. The van der Waals surface area contributed by atoms with Crippen LogP contribution in [0, 0.1) is 5.92 Å². The Bertz CT molecular complexity index is 530. The van der Waals surface area contributed by atoms with E-state index in [0.29, 0.717) is 6.42 Å². The minimum atomic E-state index is -0.976. The molecule has 1 N–H and O–H groups in total. The first-order valence-corrected chi connectivity index (χ1v) is 8.02. The predicted octanol–water partition coefficient (Wildman–Crippen LogP) is 2.98. The molecule has 1 aromatic rings. The van der Waals surface area contributed by atoms with E-state index in [4.69, 9.17) is 9.84 Å². The highest BCUT2D eigenvalue weighted by atomic mass is 16.5. The zero-order chi connectivity index (χ0) is 17.4. The molecule has 0 aliphatic carbocycles. The van der Waals surface area contributed by atoms with E-state index in [2.05, 4.69) is 0 Å². The molecular weight excluding hydrogens is 294 g/mol. The lowest BCUT2D eigenvalue weighted by atomic mass is 9.96. The fraction of sp³-hybridized carbons (Fsp3) is 0.556. The Kier molecular flexibility index (Phi) is 7.59. The normalized spacial score (nSPS) is 13.2. The van der Waals surface area contributed by atoms with Crippen molar-refractivity contribution in [2.45, 2.75) is 46.1 Å². The first-order chi connectivity index (χ1) is 10.9. The Morgan fingerprint density at radius 2 is 1.91 bits per heavy atom. The maximum Gasteiger partial charge on any atom is 0.323 e. The van der Waals surface area contributed by atoms with Gasteiger partial charge in [-0.25, -0.2) is 0 Å². The highest BCUT2D eigenvalue weighted by Gasteiger charge is 2.23. The van der Waals surface area contributed by atoms with Crippen molar-refractivity contribution in [2.75, 3.05) is 13.7 Å². The van der Waals surface area contributed by atoms with E-state index >= 15 is 0 Å². The lowest BCUT2D eigenvalue weighted by molar-refractivity contribution is -0.146. The van der Waals surface area contributed by atoms with Gasteiger partial charge in [0.2, 0.25) is 5.91 Å². The average molecular weight is 321 g/mol. The Labute approximate surface area is 138 Å². The molecule has 1 aromatic carbocycles. The van der Waals surface area contributed by atoms with E-state index < -0.39 is 5.97 Å². The fourth-order valence-corrected chi connectivity index (χ4v) is 2.59. The van der Waals surface area contributed by atoms with E-state index in [9.17, 15) is 9.59 Å². The van der Waals surface area contributed by atoms with Crippen molar-refractivity contribution in [3.05, 3.63) is 29.8 Å². The highest BCUT2D eigenvalue weighted by Crippen LogP contribution is 2.23. The van der Waals surface area contributed by atoms with Crippen LogP contribution in [0.1, 0.15) is 39.2 Å². The summed E-state index contributed by atoms with van der Waals surface area (Å²) < 4.78 is 5.33. The molecule has 0 saturated carbocycles. The topological polar surface area (TPSA) is 66.8 Å². The third-order valence-electron chi connectivity index (χ3n) is 4.03. The van der Waals surface area contributed by atoms with Crippen LogP contribution in [0.15, 0.2) is 24.3 Å². The van der Waals surface area contributed by atoms with Gasteiger partial charge < -0.3 is 14.7 Å². The molecule has 23 heavy (non-hydrogen) atoms. The third-order valence-corrected chi connectivity index (χ3v) is 4.03. The van der Waals surface area contributed by atoms with Crippen molar-refractivity contribution in [2.24, 2.45) is 5.92 Å². The number of para-hydroxylation sites is 1. The molecule has 128 valence electrons. The van der Waals surface area contributed by atoms with Gasteiger partial charge in [-0.2, -0.15) is 0 Å². The lowest BCUT2D eigenvalue weighted by Gasteiger charge is -2.28. The predicted molar refractivity (Wildman–Crippen MR) is 89.6 cm³/mol. The minimum absolute atomic E-state index is 0.0722. The number of carbonyl (C=O) groups is 2. The van der Waals surface area contributed by atoms with Crippen LogP contribution in [-0.2, 0) is 16.0 Å². The first-order valence-electron chi connectivity index (χ1n) is 8.02. The number of nitrogens with zero attached hydrogens (tertiary/aromatic N) is 1. The molecule has 5 heteroatoms. The summed E-state index contributed by atoms with van der Waals surface area (Å²) >= 11 is 0. The van der Waals surface area contributed by atoms with Crippen LogP contribution < -0.4 is 4.74 Å². The molecule has 0 aliphatic heterocycles. The van der Waals surface area contributed by atoms with Crippen LogP contribution in [0.3, 0.4) is 0 Å². The maximum absolute atomic E-state index is 12.5. The van der Waals surface area contributed by atoms with Gasteiger partial charge in [-0.05, 0) is 37.3 Å². The van der Waals surface area contributed by atoms with Crippen LogP contribution in [0.25, 0.3) is 0 Å². The number of hydrogen-bond acceptors (Lipinski definition) is 3. The van der Waals surface area contributed by atoms with Gasteiger partial charge in [0.25, 0.3) is 0 Å². The summed E-state index contributed by atoms with van der Waals surface area (Å²) in [7, 11) is 1.63. The quantitative estimate of drug-likeness (QED) is 0.759. The van der Waals surface area contributed by atoms with Crippen molar-refractivity contribution in [3.8, 4) is 5.75 Å². The number of carboxylic acids is 1. The van der Waals surface area contributed by atoms with Crippen LogP contribution in [0.2, 0.25) is 0 Å². The van der Waals surface area contributed by atoms with Crippen LogP contribution in [0.5, 0.6) is 5.75 Å². The Morgan fingerprint density at radius 1 is 1.26 bits per heavy atom. The van der Waals surface area contributed by atoms with E-state index in [1.165, 1.54) is 4.90 Å². The maximum atomic E-state index is 12.5. The summed E-state index contributed by atoms with van der Waals surface area (Å²) in [5, 5.41) is 9.00. The fourth-order valence-electron chi connectivity index (χ4n) is 2.59. The molecule has 0 radical (unpaired) electrons. The Balaban J connectivity index is 2.71. The number of carbonyl (C=O) groups excluding carboxylic acids is 1. The molecule has 0 aliphatic rings. The molecule has 0 saturated heterocycles. The second-order valence-corrected chi connectivity index (χ2v) is 6.00. The third kappa shape index (κ3) is 5.93. The molecule has 1 rings (SSSR count). The smallest absolute Gasteiger partial charge is 0.323 e. The largest absolute Gasteiger partial charge is 0.496 e. The number of hydrogen-bond donors (Lipinski definition) is 1. The standard InChI is InChI=1S/C18H27NO4/c1-5-14(3)19(12-18(21)22)17(20)11-13(2)10-15-8-6-7-9-16(15)23-4/h6-9,13-14H,5,10-12H2,1-4H3,(H,21,22). The molecule has 0 heterocycles. The van der Waals surface area contributed by atoms with Crippen molar-refractivity contribution in [1.29, 1.82) is 0 Å². The van der Waals surface area contributed by atoms with Gasteiger partial charge in [0, 0.05) is 12.5 Å². The lowest BCUT2D eigenvalue weighted by Crippen LogP contribution is -2.42. The molecule has 0 spiro atoms. The van der Waals surface area contributed by atoms with Gasteiger partial charge >= 0.3 is 5.97 Å². The number of methoxy groups -OCH3 is 1. The first kappa shape index (κ1) is 19.0. The van der Waals surface area contributed by atoms with Crippen LogP contribution in [-0.4, -0.2) is 41.6 Å². The molecule has 2 atom stereocenters. The number of amides is 1. The highest BCUT2D eigenvalue weighted by molar-refractivity contribution is 5.81. The van der Waals surface area contributed by atoms with E-state index in [1.54, 1.807) is 7.11 Å². The van der Waals surface area contributed by atoms with E-state index in [0.717, 1.165) is 24.2 Å². The zero-order valence-corrected chi connectivity index (χ0v) is 14.4. The molecular formula is C18H27NO4. The van der Waals surface area contributed by atoms with Crippen LogP contribution in [0.4, 0.5) is 0 Å². The van der Waals surface area contributed by atoms with Gasteiger partial charge in [0.1, 0.15) is 12.3 Å². The second kappa shape index (κ2) is 9.18. The molecule has 0 aromatic heterocycles. The molecule has 1 amide bonds. The number of rotatable bonds is 9. The van der Waals surface area contributed by atoms with E-state index in [1.807, 2.05) is 45.0 Å². The van der Waals surface area contributed by atoms with Crippen LogP contribution >= 0.6 is 0 Å². The molecule has 5 nitrogen and oxygen atoms in total. The van der Waals surface area contributed by atoms with Gasteiger partial charge in [0.15, 0.2) is 0 Å². The van der Waals surface area contributed by atoms with Gasteiger partial charge in [-0.3, -0.25) is 9.59 Å². The summed E-state index contributed by atoms with van der Waals surface area (Å²) in [6, 6.07) is 7.68. The molecule has 2 unspecified atom stereocenters. The number of benzene rings is 1. The Hall–Kier alpha value is -2.04. The second-order valence-electron chi connectivity index (χ2n) is 6.00. The zero-order valence-electron chi connectivity index (χ0n) is 14.4. The van der Waals surface area contributed by atoms with Gasteiger partial charge in [-0.1, -0.05) is 32.0 Å². The average Bonchev–Trinajstić information content (AvgIpc) is 2.51. The van der Waals surface area contributed by atoms with Gasteiger partial charge in [-0.15, -0.1) is 0 Å². The van der Waals surface area contributed by atoms with Gasteiger partial charge in [0.05, 0.1) is 7.11 Å². The van der Waals surface area contributed by atoms with Crippen molar-refractivity contribution >= 4 is 11.9 Å². The Morgan fingerprint density at radius 3 is 2.48 bits per heavy atom. The minimum Gasteiger partial charge on any atom is -0.496 e. The molecule has 0 bridgehead atoms. The summed E-state index contributed by atoms with van der Waals surface area (Å²) in [5.74, 6) is -0.157. The number of ether oxygens (including phenoxy) is 1. The van der Waals surface area contributed by atoms with Crippen molar-refractivity contribution in [3.63, 3.8) is 0 Å². The number of carboxylic acid groups (broad SMARTS) is 1. The van der Waals surface area contributed by atoms with E-state index in [-0.39, 0.29) is 24.4 Å². The summed E-state index contributed by atoms with van der Waals surface area (Å²) in [6.07, 6.45) is 1.78.